The summed E-state index contributed by atoms with van der Waals surface area (Å²) < 4.78 is 5.52. The van der Waals surface area contributed by atoms with E-state index in [1.165, 1.54) is 30.4 Å². The summed E-state index contributed by atoms with van der Waals surface area (Å²) >= 11 is 5.53. The van der Waals surface area contributed by atoms with E-state index >= 15 is 0 Å². The molecule has 0 amide bonds. The van der Waals surface area contributed by atoms with Crippen molar-refractivity contribution in [2.24, 2.45) is 0 Å². The summed E-state index contributed by atoms with van der Waals surface area (Å²) in [5, 5.41) is 7.00. The number of piperidine rings is 1. The second-order valence-corrected chi connectivity index (χ2v) is 8.75. The number of ether oxygens (including phenoxy) is 1. The summed E-state index contributed by atoms with van der Waals surface area (Å²) in [4.78, 5) is 14.3. The van der Waals surface area contributed by atoms with E-state index in [1.54, 1.807) is 0 Å². The Bertz CT molecular complexity index is 884. The molecule has 3 heterocycles. The highest BCUT2D eigenvalue weighted by molar-refractivity contribution is 7.80. The summed E-state index contributed by atoms with van der Waals surface area (Å²) in [6.45, 7) is 9.15. The van der Waals surface area contributed by atoms with Crippen LogP contribution < -0.4 is 20.4 Å². The van der Waals surface area contributed by atoms with Crippen LogP contribution in [0.25, 0.3) is 0 Å². The quantitative estimate of drug-likeness (QED) is 0.685. The molecule has 8 heteroatoms. The predicted octanol–water partition coefficient (Wildman–Crippen LogP) is 3.49. The molecule has 0 spiro atoms. The maximum Gasteiger partial charge on any atom is 0.232 e. The van der Waals surface area contributed by atoms with Crippen LogP contribution in [0.1, 0.15) is 37.3 Å². The minimum Gasteiger partial charge on any atom is -0.378 e. The number of morpholine rings is 1. The maximum absolute atomic E-state index is 5.53. The lowest BCUT2D eigenvalue weighted by atomic mass is 10.0. The summed E-state index contributed by atoms with van der Waals surface area (Å²) in [5.74, 6) is 2.43. The van der Waals surface area contributed by atoms with Gasteiger partial charge in [0.05, 0.1) is 13.2 Å². The van der Waals surface area contributed by atoms with E-state index in [9.17, 15) is 0 Å². The van der Waals surface area contributed by atoms with Crippen molar-refractivity contribution in [3.8, 4) is 0 Å². The van der Waals surface area contributed by atoms with Crippen LogP contribution >= 0.6 is 12.2 Å². The highest BCUT2D eigenvalue weighted by Crippen LogP contribution is 2.27. The fourth-order valence-corrected chi connectivity index (χ4v) is 4.22. The Labute approximate surface area is 190 Å². The molecule has 2 N–H and O–H groups in total. The van der Waals surface area contributed by atoms with Gasteiger partial charge in [-0.25, -0.2) is 0 Å². The van der Waals surface area contributed by atoms with Gasteiger partial charge in [-0.1, -0.05) is 29.8 Å². The van der Waals surface area contributed by atoms with Crippen molar-refractivity contribution in [3.05, 3.63) is 41.5 Å². The van der Waals surface area contributed by atoms with Gasteiger partial charge in [0, 0.05) is 38.3 Å². The van der Waals surface area contributed by atoms with Crippen molar-refractivity contribution in [3.63, 3.8) is 0 Å². The summed E-state index contributed by atoms with van der Waals surface area (Å²) in [7, 11) is 0. The second-order valence-electron chi connectivity index (χ2n) is 8.34. The van der Waals surface area contributed by atoms with Gasteiger partial charge in [-0.2, -0.15) is 9.97 Å². The van der Waals surface area contributed by atoms with Gasteiger partial charge in [0.25, 0.3) is 0 Å². The number of benzene rings is 1. The Hall–Kier alpha value is -2.45. The second kappa shape index (κ2) is 10.2. The maximum atomic E-state index is 5.53. The number of rotatable bonds is 5. The molecule has 4 rings (SSSR count). The van der Waals surface area contributed by atoms with E-state index in [4.69, 9.17) is 26.9 Å². The van der Waals surface area contributed by atoms with Crippen LogP contribution in [0.3, 0.4) is 0 Å². The molecule has 1 aromatic heterocycles. The number of nitrogens with one attached hydrogen (secondary N) is 2. The average molecular weight is 441 g/mol. The van der Waals surface area contributed by atoms with E-state index in [1.807, 2.05) is 0 Å². The summed E-state index contributed by atoms with van der Waals surface area (Å²) in [6, 6.07) is 11.0. The number of thiocarbonyl (C=S) groups is 1. The molecule has 1 aromatic carbocycles. The lowest BCUT2D eigenvalue weighted by Gasteiger charge is -2.35. The number of hydrogen-bond acceptors (Lipinski definition) is 6. The van der Waals surface area contributed by atoms with Crippen molar-refractivity contribution in [2.45, 2.75) is 45.7 Å². The molecular formula is C23H32N6OS. The van der Waals surface area contributed by atoms with Gasteiger partial charge in [-0.05, 0) is 50.9 Å². The van der Waals surface area contributed by atoms with Gasteiger partial charge in [-0.15, -0.1) is 0 Å². The van der Waals surface area contributed by atoms with Gasteiger partial charge in [0.1, 0.15) is 11.6 Å². The molecule has 2 saturated heterocycles. The van der Waals surface area contributed by atoms with Crippen LogP contribution in [0.5, 0.6) is 0 Å². The van der Waals surface area contributed by atoms with Crippen LogP contribution in [0.2, 0.25) is 0 Å². The predicted molar refractivity (Wildman–Crippen MR) is 130 cm³/mol. The first-order valence-corrected chi connectivity index (χ1v) is 11.6. The lowest BCUT2D eigenvalue weighted by Crippen LogP contribution is -2.40. The van der Waals surface area contributed by atoms with Gasteiger partial charge >= 0.3 is 0 Å². The fourth-order valence-electron chi connectivity index (χ4n) is 4.05. The Kier molecular flexibility index (Phi) is 7.19. The zero-order chi connectivity index (χ0) is 21.6. The molecule has 2 fully saturated rings. The van der Waals surface area contributed by atoms with Crippen molar-refractivity contribution >= 4 is 34.9 Å². The number of aromatic nitrogens is 2. The van der Waals surface area contributed by atoms with E-state index in [0.717, 1.165) is 44.5 Å². The topological polar surface area (TPSA) is 65.6 Å². The molecule has 31 heavy (non-hydrogen) atoms. The molecule has 2 aromatic rings. The Morgan fingerprint density at radius 3 is 2.58 bits per heavy atom. The third-order valence-corrected chi connectivity index (χ3v) is 6.18. The largest absolute Gasteiger partial charge is 0.378 e. The van der Waals surface area contributed by atoms with Crippen LogP contribution in [0.15, 0.2) is 30.3 Å². The average Bonchev–Trinajstić information content (AvgIpc) is 2.79. The fraction of sp³-hybridized carbons (Fsp3) is 0.522. The normalized spacial score (nSPS) is 19.2. The third-order valence-electron chi connectivity index (χ3n) is 5.93. The standard InChI is InChI=1S/C23H32N6OS/c1-17-6-8-19(9-7-17)16-24-23(31)27-22-25-20(28-11-13-30-14-12-28)15-21(26-22)29-10-4-3-5-18(29)2/h6-9,15,18H,3-5,10-14,16H2,1-2H3,(H2,24,25,26,27,31)/t18-/m1/s1. The molecule has 0 unspecified atom stereocenters. The zero-order valence-electron chi connectivity index (χ0n) is 18.4. The van der Waals surface area contributed by atoms with Crippen molar-refractivity contribution in [1.82, 2.24) is 15.3 Å². The molecule has 2 aliphatic rings. The number of aryl methyl sites for hydroxylation is 1. The van der Waals surface area contributed by atoms with Crippen molar-refractivity contribution in [2.75, 3.05) is 48.0 Å². The highest BCUT2D eigenvalue weighted by atomic mass is 32.1. The molecule has 0 bridgehead atoms. The molecule has 166 valence electrons. The SMILES string of the molecule is Cc1ccc(CNC(=S)Nc2nc(N3CCOCC3)cc(N3CCCC[C@H]3C)n2)cc1. The minimum atomic E-state index is 0.473. The molecule has 0 radical (unpaired) electrons. The molecule has 7 nitrogen and oxygen atoms in total. The first-order chi connectivity index (χ1) is 15.1. The van der Waals surface area contributed by atoms with E-state index in [-0.39, 0.29) is 0 Å². The summed E-state index contributed by atoms with van der Waals surface area (Å²) in [5.41, 5.74) is 2.43. The number of nitrogens with zero attached hydrogens (tertiary/aromatic N) is 4. The minimum absolute atomic E-state index is 0.473. The molecule has 0 saturated carbocycles. The smallest absolute Gasteiger partial charge is 0.232 e. The van der Waals surface area contributed by atoms with Gasteiger partial charge in [0.2, 0.25) is 5.95 Å². The van der Waals surface area contributed by atoms with Gasteiger partial charge in [0.15, 0.2) is 5.11 Å². The molecular weight excluding hydrogens is 408 g/mol. The molecule has 1 atom stereocenters. The zero-order valence-corrected chi connectivity index (χ0v) is 19.2. The molecule has 2 aliphatic heterocycles. The van der Waals surface area contributed by atoms with E-state index < -0.39 is 0 Å². The van der Waals surface area contributed by atoms with Gasteiger partial charge < -0.3 is 25.2 Å². The highest BCUT2D eigenvalue weighted by Gasteiger charge is 2.23. The third kappa shape index (κ3) is 5.83. The monoisotopic (exact) mass is 440 g/mol. The lowest BCUT2D eigenvalue weighted by molar-refractivity contribution is 0.122. The van der Waals surface area contributed by atoms with Crippen LogP contribution in [0.4, 0.5) is 17.6 Å². The van der Waals surface area contributed by atoms with Gasteiger partial charge in [-0.3, -0.25) is 0 Å². The molecule has 0 aliphatic carbocycles. The first-order valence-electron chi connectivity index (χ1n) is 11.2. The Morgan fingerprint density at radius 1 is 1.10 bits per heavy atom. The van der Waals surface area contributed by atoms with Crippen molar-refractivity contribution < 1.29 is 4.74 Å². The van der Waals surface area contributed by atoms with Crippen LogP contribution in [0, 0.1) is 6.92 Å². The number of hydrogen-bond donors (Lipinski definition) is 2. The van der Waals surface area contributed by atoms with E-state index in [0.29, 0.717) is 23.6 Å². The van der Waals surface area contributed by atoms with Crippen LogP contribution in [-0.2, 0) is 11.3 Å². The van der Waals surface area contributed by atoms with Crippen molar-refractivity contribution in [1.29, 1.82) is 0 Å². The summed E-state index contributed by atoms with van der Waals surface area (Å²) in [6.07, 6.45) is 3.66. The first kappa shape index (κ1) is 21.8. The Balaban J connectivity index is 1.49. The van der Waals surface area contributed by atoms with Crippen LogP contribution in [-0.4, -0.2) is 54.0 Å². The van der Waals surface area contributed by atoms with E-state index in [2.05, 4.69) is 64.6 Å². The number of anilines is 3. The Morgan fingerprint density at radius 2 is 1.84 bits per heavy atom.